The number of alkyl halides is 1. The molecule has 3 atom stereocenters. The molecule has 3 rings (SSSR count). The van der Waals surface area contributed by atoms with Gasteiger partial charge in [-0.2, -0.15) is 0 Å². The Morgan fingerprint density at radius 1 is 1.00 bits per heavy atom. The largest absolute Gasteiger partial charge is 0.462 e. The van der Waals surface area contributed by atoms with Crippen molar-refractivity contribution in [2.24, 2.45) is 0 Å². The molecular weight excluding hydrogens is 379 g/mol. The maximum absolute atomic E-state index is 15.5. The third-order valence-corrected chi connectivity index (χ3v) is 5.43. The van der Waals surface area contributed by atoms with E-state index in [1.165, 1.54) is 0 Å². The number of aliphatic hydroxyl groups is 4. The van der Waals surface area contributed by atoms with Gasteiger partial charge in [0, 0.05) is 12.8 Å². The second kappa shape index (κ2) is 8.38. The Morgan fingerprint density at radius 3 is 2.14 bits per heavy atom. The van der Waals surface area contributed by atoms with Crippen LogP contribution in [-0.4, -0.2) is 57.0 Å². The van der Waals surface area contributed by atoms with E-state index in [2.05, 4.69) is 0 Å². The predicted molar refractivity (Wildman–Crippen MR) is 104 cm³/mol. The molecule has 1 aliphatic heterocycles. The molecule has 2 aromatic carbocycles. The van der Waals surface area contributed by atoms with Crippen molar-refractivity contribution >= 4 is 0 Å². The highest BCUT2D eigenvalue weighted by Crippen LogP contribution is 2.45. The normalized spacial score (nSPS) is 28.8. The van der Waals surface area contributed by atoms with Crippen LogP contribution in [0.2, 0.25) is 0 Å². The molecule has 0 bridgehead atoms. The van der Waals surface area contributed by atoms with Crippen LogP contribution in [0.1, 0.15) is 24.5 Å². The summed E-state index contributed by atoms with van der Waals surface area (Å²) in [7, 11) is 0. The van der Waals surface area contributed by atoms with Gasteiger partial charge in [-0.15, -0.1) is 0 Å². The van der Waals surface area contributed by atoms with E-state index in [9.17, 15) is 20.4 Å². The van der Waals surface area contributed by atoms with E-state index < -0.39 is 43.0 Å². The third-order valence-electron chi connectivity index (χ3n) is 5.43. The fourth-order valence-corrected chi connectivity index (χ4v) is 3.53. The van der Waals surface area contributed by atoms with Crippen molar-refractivity contribution in [2.75, 3.05) is 13.2 Å². The smallest absolute Gasteiger partial charge is 0.245 e. The predicted octanol–water partition coefficient (Wildman–Crippen LogP) is 1.73. The lowest BCUT2D eigenvalue weighted by Gasteiger charge is -2.52. The quantitative estimate of drug-likeness (QED) is 0.559. The van der Waals surface area contributed by atoms with E-state index in [4.69, 9.17) is 9.47 Å². The summed E-state index contributed by atoms with van der Waals surface area (Å²) < 4.78 is 26.9. The van der Waals surface area contributed by atoms with E-state index in [0.717, 1.165) is 12.0 Å². The first-order chi connectivity index (χ1) is 13.8. The minimum absolute atomic E-state index is 0.278. The van der Waals surface area contributed by atoms with E-state index in [0.29, 0.717) is 5.56 Å². The molecule has 0 amide bonds. The number of halogens is 1. The lowest BCUT2D eigenvalue weighted by atomic mass is 9.77. The first-order valence-electron chi connectivity index (χ1n) is 9.60. The van der Waals surface area contributed by atoms with Crippen LogP contribution in [0.5, 0.6) is 5.75 Å². The summed E-state index contributed by atoms with van der Waals surface area (Å²) >= 11 is 0. The molecule has 0 aliphatic carbocycles. The second-order valence-electron chi connectivity index (χ2n) is 7.59. The van der Waals surface area contributed by atoms with Crippen molar-refractivity contribution in [1.82, 2.24) is 0 Å². The van der Waals surface area contributed by atoms with Gasteiger partial charge in [-0.1, -0.05) is 49.4 Å². The lowest BCUT2D eigenvalue weighted by Crippen LogP contribution is -2.72. The Hall–Kier alpha value is -2.03. The Kier molecular flexibility index (Phi) is 6.26. The summed E-state index contributed by atoms with van der Waals surface area (Å²) in [6.45, 7) is 0.488. The summed E-state index contributed by atoms with van der Waals surface area (Å²) in [5, 5.41) is 41.2. The lowest BCUT2D eigenvalue weighted by molar-refractivity contribution is -0.386. The van der Waals surface area contributed by atoms with Crippen LogP contribution in [-0.2, 0) is 17.6 Å². The van der Waals surface area contributed by atoms with Gasteiger partial charge in [0.15, 0.2) is 5.60 Å². The van der Waals surface area contributed by atoms with E-state index >= 15 is 4.39 Å². The average molecular weight is 406 g/mol. The number of benzene rings is 2. The maximum Gasteiger partial charge on any atom is 0.245 e. The average Bonchev–Trinajstić information content (AvgIpc) is 2.73. The summed E-state index contributed by atoms with van der Waals surface area (Å²) in [6, 6.07) is 15.5. The number of para-hydroxylation sites is 1. The molecule has 0 radical (unpaired) electrons. The van der Waals surface area contributed by atoms with Gasteiger partial charge in [0.1, 0.15) is 11.4 Å². The molecule has 0 spiro atoms. The van der Waals surface area contributed by atoms with E-state index in [1.807, 2.05) is 19.1 Å². The molecule has 29 heavy (non-hydrogen) atoms. The van der Waals surface area contributed by atoms with Crippen LogP contribution in [0, 0.1) is 0 Å². The zero-order valence-electron chi connectivity index (χ0n) is 16.3. The highest BCUT2D eigenvalue weighted by molar-refractivity contribution is 5.27. The van der Waals surface area contributed by atoms with Crippen LogP contribution >= 0.6 is 0 Å². The summed E-state index contributed by atoms with van der Waals surface area (Å²) in [5.41, 5.74) is -2.63. The molecule has 1 heterocycles. The first-order valence-corrected chi connectivity index (χ1v) is 9.60. The number of hydrogen-bond donors (Lipinski definition) is 4. The SMILES string of the molecule is CCc1ccc(C[C@]2(O)[C@H](Oc3ccccc3)OC(CO)(CO)C[C@@]2(O)F)cc1. The van der Waals surface area contributed by atoms with Crippen LogP contribution in [0.3, 0.4) is 0 Å². The Labute approximate surface area is 169 Å². The van der Waals surface area contributed by atoms with Crippen LogP contribution in [0.4, 0.5) is 4.39 Å². The first kappa shape index (κ1) is 21.7. The molecule has 158 valence electrons. The highest BCUT2D eigenvalue weighted by atomic mass is 19.2. The molecular formula is C22H27FO6. The van der Waals surface area contributed by atoms with Gasteiger partial charge in [0.2, 0.25) is 12.1 Å². The van der Waals surface area contributed by atoms with Gasteiger partial charge >= 0.3 is 0 Å². The van der Waals surface area contributed by atoms with Crippen LogP contribution in [0.25, 0.3) is 0 Å². The van der Waals surface area contributed by atoms with Crippen molar-refractivity contribution in [3.63, 3.8) is 0 Å². The second-order valence-corrected chi connectivity index (χ2v) is 7.59. The summed E-state index contributed by atoms with van der Waals surface area (Å²) in [5.74, 6) is -2.92. The molecule has 7 heteroatoms. The Bertz CT molecular complexity index is 791. The monoisotopic (exact) mass is 406 g/mol. The zero-order valence-corrected chi connectivity index (χ0v) is 16.3. The van der Waals surface area contributed by atoms with Gasteiger partial charge in [0.05, 0.1) is 13.2 Å². The summed E-state index contributed by atoms with van der Waals surface area (Å²) in [6.07, 6.45) is -1.96. The Morgan fingerprint density at radius 2 is 1.59 bits per heavy atom. The molecule has 1 fully saturated rings. The van der Waals surface area contributed by atoms with Crippen LogP contribution < -0.4 is 4.74 Å². The third kappa shape index (κ3) is 4.29. The molecule has 6 nitrogen and oxygen atoms in total. The number of ether oxygens (including phenoxy) is 2. The van der Waals surface area contributed by atoms with Crippen molar-refractivity contribution in [3.8, 4) is 5.75 Å². The minimum Gasteiger partial charge on any atom is -0.462 e. The van der Waals surface area contributed by atoms with Crippen molar-refractivity contribution < 1.29 is 34.3 Å². The number of aliphatic hydroxyl groups excluding tert-OH is 2. The standard InChI is InChI=1S/C22H27FO6/c1-2-16-8-10-17(11-9-16)12-21(26)19(28-18-6-4-3-5-7-18)29-20(14-24,15-25)13-22(21,23)27/h3-11,19,24-27H,2,12-15H2,1H3/t19-,21+,22+/m1/s1. The molecule has 1 saturated heterocycles. The van der Waals surface area contributed by atoms with Gasteiger partial charge < -0.3 is 29.9 Å². The van der Waals surface area contributed by atoms with Gasteiger partial charge in [0.25, 0.3) is 0 Å². The minimum atomic E-state index is -3.19. The number of rotatable bonds is 7. The molecule has 4 N–H and O–H groups in total. The highest BCUT2D eigenvalue weighted by Gasteiger charge is 2.66. The topological polar surface area (TPSA) is 99.4 Å². The molecule has 1 aliphatic rings. The van der Waals surface area contributed by atoms with E-state index in [1.54, 1.807) is 42.5 Å². The van der Waals surface area contributed by atoms with Crippen LogP contribution in [0.15, 0.2) is 54.6 Å². The van der Waals surface area contributed by atoms with Crippen molar-refractivity contribution in [3.05, 3.63) is 65.7 Å². The number of aryl methyl sites for hydroxylation is 1. The fourth-order valence-electron chi connectivity index (χ4n) is 3.53. The molecule has 0 aromatic heterocycles. The molecule has 0 unspecified atom stereocenters. The fraction of sp³-hybridized carbons (Fsp3) is 0.455. The molecule has 2 aromatic rings. The molecule has 0 saturated carbocycles. The van der Waals surface area contributed by atoms with Crippen molar-refractivity contribution in [2.45, 2.75) is 49.5 Å². The number of hydrogen-bond acceptors (Lipinski definition) is 6. The summed E-state index contributed by atoms with van der Waals surface area (Å²) in [4.78, 5) is 0. The van der Waals surface area contributed by atoms with Crippen molar-refractivity contribution in [1.29, 1.82) is 0 Å². The van der Waals surface area contributed by atoms with Gasteiger partial charge in [-0.05, 0) is 29.7 Å². The zero-order chi connectivity index (χ0) is 21.1. The van der Waals surface area contributed by atoms with Gasteiger partial charge in [-0.3, -0.25) is 0 Å². The maximum atomic E-state index is 15.5. The van der Waals surface area contributed by atoms with E-state index in [-0.39, 0.29) is 12.2 Å². The Balaban J connectivity index is 1.98. The van der Waals surface area contributed by atoms with Gasteiger partial charge in [-0.25, -0.2) is 4.39 Å².